The van der Waals surface area contributed by atoms with Crippen LogP contribution in [0.2, 0.25) is 0 Å². The van der Waals surface area contributed by atoms with Crippen molar-refractivity contribution in [3.05, 3.63) is 59.0 Å². The van der Waals surface area contributed by atoms with Gasteiger partial charge in [0.1, 0.15) is 5.75 Å². The van der Waals surface area contributed by atoms with Gasteiger partial charge in [0.05, 0.1) is 12.8 Å². The summed E-state index contributed by atoms with van der Waals surface area (Å²) in [6.07, 6.45) is 0. The topological polar surface area (TPSA) is 34.1 Å². The maximum Gasteiger partial charge on any atom is 0.187 e. The summed E-state index contributed by atoms with van der Waals surface area (Å²) in [7, 11) is 1.67. The first kappa shape index (κ1) is 17.3. The van der Waals surface area contributed by atoms with Crippen molar-refractivity contribution in [3.8, 4) is 17.0 Å². The van der Waals surface area contributed by atoms with Crippen LogP contribution in [-0.4, -0.2) is 12.1 Å². The lowest BCUT2D eigenvalue weighted by atomic mass is 10.0. The van der Waals surface area contributed by atoms with Gasteiger partial charge in [-0.3, -0.25) is 0 Å². The van der Waals surface area contributed by atoms with Gasteiger partial charge in [-0.15, -0.1) is 23.7 Å². The molecule has 3 rings (SSSR count). The highest BCUT2D eigenvalue weighted by Gasteiger charge is 2.07. The van der Waals surface area contributed by atoms with E-state index in [0.29, 0.717) is 0 Å². The number of thiazole rings is 1. The summed E-state index contributed by atoms with van der Waals surface area (Å²) in [5.74, 6) is 0.848. The van der Waals surface area contributed by atoms with Crippen LogP contribution in [-0.2, 0) is 0 Å². The lowest BCUT2D eigenvalue weighted by molar-refractivity contribution is 0.415. The first-order valence-corrected chi connectivity index (χ1v) is 7.98. The molecule has 0 aliphatic rings. The largest absolute Gasteiger partial charge is 0.497 e. The minimum Gasteiger partial charge on any atom is -0.497 e. The molecule has 1 heterocycles. The van der Waals surface area contributed by atoms with Crippen molar-refractivity contribution < 1.29 is 4.74 Å². The Morgan fingerprint density at radius 3 is 2.43 bits per heavy atom. The number of ether oxygens (including phenoxy) is 1. The quantitative estimate of drug-likeness (QED) is 0.667. The van der Waals surface area contributed by atoms with Crippen LogP contribution in [0.15, 0.2) is 47.8 Å². The first-order valence-electron chi connectivity index (χ1n) is 7.10. The van der Waals surface area contributed by atoms with Gasteiger partial charge in [0.25, 0.3) is 0 Å². The normalized spacial score (nSPS) is 10.0. The number of nitrogens with one attached hydrogen (secondary N) is 1. The molecule has 0 saturated carbocycles. The molecule has 1 aromatic heterocycles. The van der Waals surface area contributed by atoms with Gasteiger partial charge >= 0.3 is 0 Å². The van der Waals surface area contributed by atoms with Crippen molar-refractivity contribution in [1.29, 1.82) is 0 Å². The van der Waals surface area contributed by atoms with Gasteiger partial charge in [-0.25, -0.2) is 4.98 Å². The van der Waals surface area contributed by atoms with Gasteiger partial charge in [0, 0.05) is 16.6 Å². The lowest BCUT2D eigenvalue weighted by Gasteiger charge is -2.05. The smallest absolute Gasteiger partial charge is 0.187 e. The summed E-state index contributed by atoms with van der Waals surface area (Å²) in [4.78, 5) is 4.69. The van der Waals surface area contributed by atoms with Crippen molar-refractivity contribution in [3.63, 3.8) is 0 Å². The summed E-state index contributed by atoms with van der Waals surface area (Å²) in [5.41, 5.74) is 5.72. The monoisotopic (exact) mass is 346 g/mol. The van der Waals surface area contributed by atoms with Gasteiger partial charge in [0.15, 0.2) is 5.13 Å². The van der Waals surface area contributed by atoms with Crippen LogP contribution in [0.3, 0.4) is 0 Å². The standard InChI is InChI=1S/C18H18N2OS.ClH/c1-12-4-9-16(13(2)10-12)17-11-22-18(20-17)19-14-5-7-15(21-3)8-6-14;/h4-11H,1-3H3,(H,19,20);1H. The number of hydrogen-bond donors (Lipinski definition) is 1. The number of halogens is 1. The summed E-state index contributed by atoms with van der Waals surface area (Å²) < 4.78 is 5.16. The fourth-order valence-electron chi connectivity index (χ4n) is 2.35. The molecule has 0 amide bonds. The first-order chi connectivity index (χ1) is 10.7. The number of rotatable bonds is 4. The van der Waals surface area contributed by atoms with E-state index in [9.17, 15) is 0 Å². The number of methoxy groups -OCH3 is 1. The number of aryl methyl sites for hydroxylation is 2. The van der Waals surface area contributed by atoms with Gasteiger partial charge in [0.2, 0.25) is 0 Å². The number of aromatic nitrogens is 1. The Morgan fingerprint density at radius 2 is 1.78 bits per heavy atom. The average Bonchev–Trinajstić information content (AvgIpc) is 2.96. The molecule has 0 spiro atoms. The summed E-state index contributed by atoms with van der Waals surface area (Å²) in [6.45, 7) is 4.23. The Hall–Kier alpha value is -2.04. The molecule has 2 aromatic carbocycles. The van der Waals surface area contributed by atoms with E-state index < -0.39 is 0 Å². The zero-order valence-corrected chi connectivity index (χ0v) is 14.9. The predicted octanol–water partition coefficient (Wildman–Crippen LogP) is 5.60. The van der Waals surface area contributed by atoms with Crippen molar-refractivity contribution in [2.75, 3.05) is 12.4 Å². The maximum absolute atomic E-state index is 5.16. The highest BCUT2D eigenvalue weighted by atomic mass is 35.5. The van der Waals surface area contributed by atoms with Gasteiger partial charge in [-0.05, 0) is 43.7 Å². The second kappa shape index (κ2) is 7.49. The molecule has 0 unspecified atom stereocenters. The predicted molar refractivity (Wildman–Crippen MR) is 101 cm³/mol. The Bertz CT molecular complexity index is 784. The summed E-state index contributed by atoms with van der Waals surface area (Å²) in [6, 6.07) is 14.3. The Labute approximate surface area is 146 Å². The van der Waals surface area contributed by atoms with Crippen molar-refractivity contribution in [1.82, 2.24) is 4.98 Å². The molecule has 1 N–H and O–H groups in total. The third kappa shape index (κ3) is 4.03. The molecule has 0 atom stereocenters. The van der Waals surface area contributed by atoms with Gasteiger partial charge in [-0.2, -0.15) is 0 Å². The molecule has 120 valence electrons. The highest BCUT2D eigenvalue weighted by Crippen LogP contribution is 2.29. The molecule has 0 saturated heterocycles. The van der Waals surface area contributed by atoms with E-state index in [2.05, 4.69) is 47.7 Å². The third-order valence-corrected chi connectivity index (χ3v) is 4.26. The molecule has 0 aliphatic carbocycles. The van der Waals surface area contributed by atoms with E-state index in [0.717, 1.165) is 22.3 Å². The zero-order chi connectivity index (χ0) is 15.5. The van der Waals surface area contributed by atoms with E-state index in [4.69, 9.17) is 4.74 Å². The van der Waals surface area contributed by atoms with Gasteiger partial charge in [-0.1, -0.05) is 23.8 Å². The van der Waals surface area contributed by atoms with Crippen molar-refractivity contribution >= 4 is 34.6 Å². The van der Waals surface area contributed by atoms with Crippen LogP contribution in [0.25, 0.3) is 11.3 Å². The molecule has 23 heavy (non-hydrogen) atoms. The highest BCUT2D eigenvalue weighted by molar-refractivity contribution is 7.14. The van der Waals surface area contributed by atoms with Crippen LogP contribution >= 0.6 is 23.7 Å². The third-order valence-electron chi connectivity index (χ3n) is 3.50. The molecule has 0 bridgehead atoms. The molecular weight excluding hydrogens is 328 g/mol. The Morgan fingerprint density at radius 1 is 1.04 bits per heavy atom. The van der Waals surface area contributed by atoms with E-state index in [1.54, 1.807) is 18.4 Å². The second-order valence-electron chi connectivity index (χ2n) is 5.21. The molecule has 5 heteroatoms. The zero-order valence-electron chi connectivity index (χ0n) is 13.3. The number of hydrogen-bond acceptors (Lipinski definition) is 4. The Kier molecular flexibility index (Phi) is 5.64. The van der Waals surface area contributed by atoms with Crippen LogP contribution in [0, 0.1) is 13.8 Å². The SMILES string of the molecule is COc1ccc(Nc2nc(-c3ccc(C)cc3C)cs2)cc1.Cl. The van der Waals surface area contributed by atoms with E-state index >= 15 is 0 Å². The van der Waals surface area contributed by atoms with E-state index in [1.807, 2.05) is 24.3 Å². The number of benzene rings is 2. The van der Waals surface area contributed by atoms with Gasteiger partial charge < -0.3 is 10.1 Å². The second-order valence-corrected chi connectivity index (χ2v) is 6.07. The van der Waals surface area contributed by atoms with Crippen molar-refractivity contribution in [2.24, 2.45) is 0 Å². The molecule has 3 nitrogen and oxygen atoms in total. The minimum atomic E-state index is 0. The summed E-state index contributed by atoms with van der Waals surface area (Å²) in [5, 5.41) is 6.30. The Balaban J connectivity index is 0.00000192. The fraction of sp³-hybridized carbons (Fsp3) is 0.167. The van der Waals surface area contributed by atoms with E-state index in [-0.39, 0.29) is 12.4 Å². The molecule has 3 aromatic rings. The molecule has 0 radical (unpaired) electrons. The van der Waals surface area contributed by atoms with Crippen LogP contribution in [0.4, 0.5) is 10.8 Å². The number of nitrogens with zero attached hydrogens (tertiary/aromatic N) is 1. The average molecular weight is 347 g/mol. The van der Waals surface area contributed by atoms with Crippen molar-refractivity contribution in [2.45, 2.75) is 13.8 Å². The molecule has 0 aliphatic heterocycles. The maximum atomic E-state index is 5.16. The van der Waals surface area contributed by atoms with Crippen LogP contribution in [0.1, 0.15) is 11.1 Å². The molecular formula is C18H19ClN2OS. The fourth-order valence-corrected chi connectivity index (χ4v) is 3.08. The van der Waals surface area contributed by atoms with E-state index in [1.165, 1.54) is 16.7 Å². The van der Waals surface area contributed by atoms with Crippen LogP contribution < -0.4 is 10.1 Å². The van der Waals surface area contributed by atoms with Crippen LogP contribution in [0.5, 0.6) is 5.75 Å². The molecule has 0 fully saturated rings. The summed E-state index contributed by atoms with van der Waals surface area (Å²) >= 11 is 1.61. The number of anilines is 2. The minimum absolute atomic E-state index is 0. The lowest BCUT2D eigenvalue weighted by Crippen LogP contribution is -1.90.